The maximum atomic E-state index is 7.09. The molecule has 1 heterocycles. The minimum absolute atomic E-state index is 0.608. The van der Waals surface area contributed by atoms with Gasteiger partial charge in [-0.1, -0.05) is 160 Å². The number of furan rings is 1. The van der Waals surface area contributed by atoms with Gasteiger partial charge in [-0.2, -0.15) is 0 Å². The summed E-state index contributed by atoms with van der Waals surface area (Å²) in [7, 11) is 0. The van der Waals surface area contributed by atoms with Crippen LogP contribution in [-0.2, 0) is 0 Å². The Balaban J connectivity index is 1.14. The van der Waals surface area contributed by atoms with E-state index in [0.29, 0.717) is 11.8 Å². The topological polar surface area (TPSA) is 13.1 Å². The fourth-order valence-electron chi connectivity index (χ4n) is 10.7. The van der Waals surface area contributed by atoms with Crippen molar-refractivity contribution in [2.45, 2.75) is 76.0 Å². The average Bonchev–Trinajstić information content (AvgIpc) is 3.61. The second-order valence-corrected chi connectivity index (χ2v) is 15.9. The molecule has 2 aliphatic rings. The first kappa shape index (κ1) is 31.2. The molecule has 0 N–H and O–H groups in total. The van der Waals surface area contributed by atoms with Crippen LogP contribution in [0.5, 0.6) is 0 Å². The van der Waals surface area contributed by atoms with E-state index in [-0.39, 0.29) is 0 Å². The van der Waals surface area contributed by atoms with Gasteiger partial charge >= 0.3 is 0 Å². The molecule has 0 spiro atoms. The number of rotatable bonds is 4. The lowest BCUT2D eigenvalue weighted by Gasteiger charge is -2.26. The number of para-hydroxylation sites is 1. The molecule has 258 valence electrons. The molecule has 0 bridgehead atoms. The summed E-state index contributed by atoms with van der Waals surface area (Å²) in [5, 5.41) is 13.3. The van der Waals surface area contributed by atoms with E-state index in [0.717, 1.165) is 11.2 Å². The predicted octanol–water partition coefficient (Wildman–Crippen LogP) is 15.6. The van der Waals surface area contributed by atoms with Gasteiger partial charge in [-0.25, -0.2) is 0 Å². The molecule has 11 rings (SSSR count). The van der Waals surface area contributed by atoms with Gasteiger partial charge in [0, 0.05) is 21.9 Å². The van der Waals surface area contributed by atoms with E-state index in [2.05, 4.69) is 133 Å². The van der Waals surface area contributed by atoms with E-state index < -0.39 is 0 Å². The summed E-state index contributed by atoms with van der Waals surface area (Å²) in [6, 6.07) is 50.3. The lowest BCUT2D eigenvalue weighted by Crippen LogP contribution is -2.06. The molecule has 0 amide bonds. The lowest BCUT2D eigenvalue weighted by molar-refractivity contribution is 0.447. The Bertz CT molecular complexity index is 2740. The number of hydrogen-bond acceptors (Lipinski definition) is 1. The second kappa shape index (κ2) is 12.6. The zero-order valence-electron chi connectivity index (χ0n) is 30.3. The van der Waals surface area contributed by atoms with Crippen molar-refractivity contribution in [1.82, 2.24) is 0 Å². The van der Waals surface area contributed by atoms with Crippen molar-refractivity contribution in [2.24, 2.45) is 0 Å². The number of benzene rings is 8. The fourth-order valence-corrected chi connectivity index (χ4v) is 10.7. The molecule has 0 saturated heterocycles. The molecule has 2 fully saturated rings. The van der Waals surface area contributed by atoms with Crippen molar-refractivity contribution in [3.63, 3.8) is 0 Å². The SMILES string of the molecule is c1ccc2c(C3CCCCC3)c3ccccc3c(-c3ccc4c(c3)oc3c(-c5c6ccccc6c(C6CCCCC6)c6ccccc56)cccc34)c2c1. The van der Waals surface area contributed by atoms with Crippen LogP contribution < -0.4 is 0 Å². The van der Waals surface area contributed by atoms with Crippen LogP contribution in [0.4, 0.5) is 0 Å². The Morgan fingerprint density at radius 3 is 1.28 bits per heavy atom. The summed E-state index contributed by atoms with van der Waals surface area (Å²) in [6.45, 7) is 0. The minimum atomic E-state index is 0.608. The van der Waals surface area contributed by atoms with Crippen LogP contribution in [0, 0.1) is 0 Å². The molecule has 1 aromatic heterocycles. The summed E-state index contributed by atoms with van der Waals surface area (Å²) in [5.41, 5.74) is 10.0. The van der Waals surface area contributed by atoms with E-state index in [1.807, 2.05) is 0 Å². The molecule has 2 saturated carbocycles. The first-order chi connectivity index (χ1) is 26.3. The lowest BCUT2D eigenvalue weighted by atomic mass is 9.78. The molecular formula is C52H44O. The van der Waals surface area contributed by atoms with Gasteiger partial charge in [0.05, 0.1) is 0 Å². The van der Waals surface area contributed by atoms with Gasteiger partial charge in [0.15, 0.2) is 0 Å². The average molecular weight is 685 g/mol. The van der Waals surface area contributed by atoms with Gasteiger partial charge in [-0.3, -0.25) is 0 Å². The Kier molecular flexibility index (Phi) is 7.42. The van der Waals surface area contributed by atoms with Crippen LogP contribution in [0.3, 0.4) is 0 Å². The van der Waals surface area contributed by atoms with Crippen LogP contribution in [0.15, 0.2) is 138 Å². The minimum Gasteiger partial charge on any atom is -0.455 e. The zero-order valence-corrected chi connectivity index (χ0v) is 30.3. The maximum Gasteiger partial charge on any atom is 0.143 e. The predicted molar refractivity (Wildman–Crippen MR) is 226 cm³/mol. The van der Waals surface area contributed by atoms with Gasteiger partial charge in [0.25, 0.3) is 0 Å². The second-order valence-electron chi connectivity index (χ2n) is 15.9. The third-order valence-corrected chi connectivity index (χ3v) is 13.0. The van der Waals surface area contributed by atoms with E-state index in [1.165, 1.54) is 140 Å². The molecular weight excluding hydrogens is 641 g/mol. The smallest absolute Gasteiger partial charge is 0.143 e. The van der Waals surface area contributed by atoms with E-state index >= 15 is 0 Å². The standard InChI is InChI=1S/C52H44O/c1-3-16-33(17-4-1)48-37-20-7-9-22-39(37)50(40-23-10-8-21-38(40)48)35-30-31-36-45-28-15-29-46(52(45)53-47(36)32-35)51-43-26-13-11-24-41(43)49(34-18-5-2-6-19-34)42-25-12-14-27-44(42)51/h7-15,20-34H,1-6,16-19H2. The van der Waals surface area contributed by atoms with Crippen molar-refractivity contribution in [3.8, 4) is 22.3 Å². The summed E-state index contributed by atoms with van der Waals surface area (Å²) < 4.78 is 7.09. The van der Waals surface area contributed by atoms with Gasteiger partial charge < -0.3 is 4.42 Å². The highest BCUT2D eigenvalue weighted by Crippen LogP contribution is 2.49. The molecule has 0 unspecified atom stereocenters. The Labute approximate surface area is 311 Å². The van der Waals surface area contributed by atoms with Gasteiger partial charge in [0.1, 0.15) is 11.2 Å². The molecule has 53 heavy (non-hydrogen) atoms. The molecule has 9 aromatic rings. The van der Waals surface area contributed by atoms with Crippen molar-refractivity contribution in [3.05, 3.63) is 145 Å². The number of hydrogen-bond donors (Lipinski definition) is 0. The highest BCUT2D eigenvalue weighted by Gasteiger charge is 2.26. The molecule has 1 heteroatoms. The van der Waals surface area contributed by atoms with E-state index in [9.17, 15) is 0 Å². The van der Waals surface area contributed by atoms with Gasteiger partial charge in [-0.15, -0.1) is 0 Å². The Hall–Kier alpha value is -5.40. The third kappa shape index (κ3) is 4.90. The van der Waals surface area contributed by atoms with Crippen LogP contribution >= 0.6 is 0 Å². The normalized spacial score (nSPS) is 16.2. The molecule has 8 aromatic carbocycles. The molecule has 0 atom stereocenters. The van der Waals surface area contributed by atoms with Gasteiger partial charge in [0.2, 0.25) is 0 Å². The van der Waals surface area contributed by atoms with Crippen molar-refractivity contribution < 1.29 is 4.42 Å². The highest BCUT2D eigenvalue weighted by atomic mass is 16.3. The van der Waals surface area contributed by atoms with E-state index in [4.69, 9.17) is 4.42 Å². The van der Waals surface area contributed by atoms with Gasteiger partial charge in [-0.05, 0) is 115 Å². The van der Waals surface area contributed by atoms with Crippen LogP contribution in [0.2, 0.25) is 0 Å². The molecule has 2 aliphatic carbocycles. The Morgan fingerprint density at radius 1 is 0.358 bits per heavy atom. The fraction of sp³-hybridized carbons (Fsp3) is 0.231. The maximum absolute atomic E-state index is 7.09. The van der Waals surface area contributed by atoms with Crippen molar-refractivity contribution in [2.75, 3.05) is 0 Å². The molecule has 0 aliphatic heterocycles. The summed E-state index contributed by atoms with van der Waals surface area (Å²) in [4.78, 5) is 0. The van der Waals surface area contributed by atoms with Crippen LogP contribution in [0.1, 0.15) is 87.2 Å². The summed E-state index contributed by atoms with van der Waals surface area (Å²) >= 11 is 0. The number of fused-ring (bicyclic) bond motifs is 7. The van der Waals surface area contributed by atoms with Crippen molar-refractivity contribution >= 4 is 65.0 Å². The Morgan fingerprint density at radius 2 is 0.792 bits per heavy atom. The highest BCUT2D eigenvalue weighted by molar-refractivity contribution is 6.21. The van der Waals surface area contributed by atoms with Crippen LogP contribution in [0.25, 0.3) is 87.3 Å². The van der Waals surface area contributed by atoms with Crippen molar-refractivity contribution in [1.29, 1.82) is 0 Å². The third-order valence-electron chi connectivity index (χ3n) is 13.0. The first-order valence-electron chi connectivity index (χ1n) is 20.2. The molecule has 0 radical (unpaired) electrons. The monoisotopic (exact) mass is 684 g/mol. The first-order valence-corrected chi connectivity index (χ1v) is 20.2. The van der Waals surface area contributed by atoms with Crippen LogP contribution in [-0.4, -0.2) is 0 Å². The summed E-state index contributed by atoms with van der Waals surface area (Å²) in [6.07, 6.45) is 13.2. The quantitative estimate of drug-likeness (QED) is 0.168. The molecule has 1 nitrogen and oxygen atoms in total. The zero-order chi connectivity index (χ0) is 34.9. The largest absolute Gasteiger partial charge is 0.455 e. The summed E-state index contributed by atoms with van der Waals surface area (Å²) in [5.74, 6) is 1.23. The van der Waals surface area contributed by atoms with E-state index in [1.54, 1.807) is 11.1 Å².